The largest absolute Gasteiger partial charge is 0.362 e. The zero-order valence-corrected chi connectivity index (χ0v) is 13.3. The number of non-ortho nitro benzene ring substituents is 1. The van der Waals surface area contributed by atoms with E-state index >= 15 is 0 Å². The molecule has 0 aliphatic carbocycles. The van der Waals surface area contributed by atoms with Gasteiger partial charge in [0.15, 0.2) is 5.11 Å². The van der Waals surface area contributed by atoms with Crippen LogP contribution in [-0.4, -0.2) is 22.3 Å². The Morgan fingerprint density at radius 2 is 1.82 bits per heavy atom. The minimum absolute atomic E-state index is 0.0590. The van der Waals surface area contributed by atoms with Gasteiger partial charge in [-0.05, 0) is 36.5 Å². The van der Waals surface area contributed by atoms with E-state index in [4.69, 9.17) is 12.2 Å². The fourth-order valence-corrected chi connectivity index (χ4v) is 2.70. The minimum atomic E-state index is -0.429. The molecule has 2 aromatic carbocycles. The highest BCUT2D eigenvalue weighted by Gasteiger charge is 2.04. The van der Waals surface area contributed by atoms with Crippen LogP contribution in [0.1, 0.15) is 0 Å². The lowest BCUT2D eigenvalue weighted by atomic mass is 10.3. The first-order valence-electron chi connectivity index (χ1n) is 6.62. The quantitative estimate of drug-likeness (QED) is 0.276. The molecule has 22 heavy (non-hydrogen) atoms. The van der Waals surface area contributed by atoms with Crippen molar-refractivity contribution in [3.8, 4) is 0 Å². The second-order valence-electron chi connectivity index (χ2n) is 4.35. The van der Waals surface area contributed by atoms with Crippen molar-refractivity contribution in [2.45, 2.75) is 4.90 Å². The van der Waals surface area contributed by atoms with Gasteiger partial charge in [0.25, 0.3) is 5.69 Å². The standard InChI is InChI=1S/C15H15N3O2S2/c19-18(20)13-8-6-12(7-9-13)17-15(21)16-10-11-22-14-4-2-1-3-5-14/h1-9H,10-11H2,(H2,16,17,21). The van der Waals surface area contributed by atoms with Crippen LogP contribution < -0.4 is 10.6 Å². The molecule has 0 heterocycles. The summed E-state index contributed by atoms with van der Waals surface area (Å²) in [6.07, 6.45) is 0. The van der Waals surface area contributed by atoms with E-state index in [1.165, 1.54) is 17.0 Å². The Balaban J connectivity index is 1.70. The highest BCUT2D eigenvalue weighted by Crippen LogP contribution is 2.16. The van der Waals surface area contributed by atoms with Gasteiger partial charge in [0.1, 0.15) is 0 Å². The van der Waals surface area contributed by atoms with E-state index in [2.05, 4.69) is 22.8 Å². The van der Waals surface area contributed by atoms with E-state index in [0.717, 1.165) is 18.0 Å². The maximum atomic E-state index is 10.6. The molecule has 114 valence electrons. The van der Waals surface area contributed by atoms with Crippen molar-refractivity contribution < 1.29 is 4.92 Å². The highest BCUT2D eigenvalue weighted by atomic mass is 32.2. The Kier molecular flexibility index (Phi) is 6.17. The first-order chi connectivity index (χ1) is 10.6. The third kappa shape index (κ3) is 5.34. The molecule has 0 aliphatic rings. The monoisotopic (exact) mass is 333 g/mol. The van der Waals surface area contributed by atoms with Crippen LogP contribution in [0, 0.1) is 10.1 Å². The average molecular weight is 333 g/mol. The second kappa shape index (κ2) is 8.35. The van der Waals surface area contributed by atoms with Crippen LogP contribution in [0.3, 0.4) is 0 Å². The molecule has 0 bridgehead atoms. The maximum Gasteiger partial charge on any atom is 0.269 e. The lowest BCUT2D eigenvalue weighted by Gasteiger charge is -2.10. The summed E-state index contributed by atoms with van der Waals surface area (Å²) in [6.45, 7) is 0.734. The van der Waals surface area contributed by atoms with E-state index in [9.17, 15) is 10.1 Å². The maximum absolute atomic E-state index is 10.6. The molecule has 0 spiro atoms. The Labute approximate surface area is 138 Å². The van der Waals surface area contributed by atoms with Gasteiger partial charge in [0.2, 0.25) is 0 Å². The van der Waals surface area contributed by atoms with Gasteiger partial charge in [-0.3, -0.25) is 10.1 Å². The number of hydrogen-bond acceptors (Lipinski definition) is 4. The summed E-state index contributed by atoms with van der Waals surface area (Å²) in [7, 11) is 0. The number of anilines is 1. The zero-order valence-electron chi connectivity index (χ0n) is 11.7. The van der Waals surface area contributed by atoms with Crippen LogP contribution in [0.25, 0.3) is 0 Å². The minimum Gasteiger partial charge on any atom is -0.362 e. The molecule has 0 aliphatic heterocycles. The van der Waals surface area contributed by atoms with Crippen LogP contribution in [-0.2, 0) is 0 Å². The summed E-state index contributed by atoms with van der Waals surface area (Å²) in [6, 6.07) is 16.3. The topological polar surface area (TPSA) is 67.2 Å². The number of thiocarbonyl (C=S) groups is 1. The van der Waals surface area contributed by atoms with Crippen molar-refractivity contribution in [3.05, 3.63) is 64.7 Å². The molecule has 0 amide bonds. The van der Waals surface area contributed by atoms with Crippen molar-refractivity contribution in [1.29, 1.82) is 0 Å². The number of nitro groups is 1. The Morgan fingerprint density at radius 1 is 1.14 bits per heavy atom. The summed E-state index contributed by atoms with van der Waals surface area (Å²) in [5.41, 5.74) is 0.780. The SMILES string of the molecule is O=[N+]([O-])c1ccc(NC(=S)NCCSc2ccccc2)cc1. The van der Waals surface area contributed by atoms with E-state index in [0.29, 0.717) is 5.11 Å². The van der Waals surface area contributed by atoms with Gasteiger partial charge in [-0.1, -0.05) is 18.2 Å². The first kappa shape index (κ1) is 16.3. The molecule has 0 saturated carbocycles. The predicted octanol–water partition coefficient (Wildman–Crippen LogP) is 3.67. The van der Waals surface area contributed by atoms with Crippen molar-refractivity contribution in [1.82, 2.24) is 5.32 Å². The van der Waals surface area contributed by atoms with E-state index in [1.807, 2.05) is 18.2 Å². The van der Waals surface area contributed by atoms with Crippen LogP contribution in [0.5, 0.6) is 0 Å². The van der Waals surface area contributed by atoms with Gasteiger partial charge in [0.05, 0.1) is 4.92 Å². The number of nitro benzene ring substituents is 1. The molecule has 0 saturated heterocycles. The summed E-state index contributed by atoms with van der Waals surface area (Å²) < 4.78 is 0. The molecule has 0 atom stereocenters. The summed E-state index contributed by atoms with van der Waals surface area (Å²) in [5, 5.41) is 17.2. The fraction of sp³-hybridized carbons (Fsp3) is 0.133. The van der Waals surface area contributed by atoms with Crippen LogP contribution in [0.2, 0.25) is 0 Å². The van der Waals surface area contributed by atoms with Gasteiger partial charge >= 0.3 is 0 Å². The molecule has 2 aromatic rings. The van der Waals surface area contributed by atoms with E-state index in [1.54, 1.807) is 23.9 Å². The van der Waals surface area contributed by atoms with Crippen molar-refractivity contribution in [3.63, 3.8) is 0 Å². The smallest absolute Gasteiger partial charge is 0.269 e. The lowest BCUT2D eigenvalue weighted by Crippen LogP contribution is -2.30. The number of hydrogen-bond donors (Lipinski definition) is 2. The third-order valence-corrected chi connectivity index (χ3v) is 4.00. The van der Waals surface area contributed by atoms with Gasteiger partial charge in [-0.2, -0.15) is 0 Å². The molecule has 2 N–H and O–H groups in total. The molecule has 7 heteroatoms. The van der Waals surface area contributed by atoms with Crippen molar-refractivity contribution >= 4 is 40.5 Å². The average Bonchev–Trinajstić information content (AvgIpc) is 2.53. The van der Waals surface area contributed by atoms with Gasteiger partial charge in [0, 0.05) is 35.0 Å². The Bertz CT molecular complexity index is 633. The summed E-state index contributed by atoms with van der Waals surface area (Å²) >= 11 is 6.93. The molecule has 0 aromatic heterocycles. The van der Waals surface area contributed by atoms with Crippen molar-refractivity contribution in [2.24, 2.45) is 0 Å². The summed E-state index contributed by atoms with van der Waals surface area (Å²) in [4.78, 5) is 11.4. The van der Waals surface area contributed by atoms with E-state index in [-0.39, 0.29) is 5.69 Å². The predicted molar refractivity (Wildman–Crippen MR) is 94.5 cm³/mol. The number of benzene rings is 2. The Morgan fingerprint density at radius 3 is 2.45 bits per heavy atom. The number of rotatable bonds is 6. The van der Waals surface area contributed by atoms with Crippen LogP contribution in [0.15, 0.2) is 59.5 Å². The third-order valence-electron chi connectivity index (χ3n) is 2.74. The second-order valence-corrected chi connectivity index (χ2v) is 5.92. The van der Waals surface area contributed by atoms with Crippen molar-refractivity contribution in [2.75, 3.05) is 17.6 Å². The van der Waals surface area contributed by atoms with Crippen LogP contribution in [0.4, 0.5) is 11.4 Å². The molecule has 2 rings (SSSR count). The lowest BCUT2D eigenvalue weighted by molar-refractivity contribution is -0.384. The van der Waals surface area contributed by atoms with Gasteiger partial charge in [-0.15, -0.1) is 11.8 Å². The molecule has 0 radical (unpaired) electrons. The van der Waals surface area contributed by atoms with Gasteiger partial charge < -0.3 is 10.6 Å². The zero-order chi connectivity index (χ0) is 15.8. The molecule has 0 fully saturated rings. The fourth-order valence-electron chi connectivity index (χ4n) is 1.69. The highest BCUT2D eigenvalue weighted by molar-refractivity contribution is 7.99. The summed E-state index contributed by atoms with van der Waals surface area (Å²) in [5.74, 6) is 0.895. The molecule has 0 unspecified atom stereocenters. The number of thioether (sulfide) groups is 1. The Hall–Kier alpha value is -2.12. The normalized spacial score (nSPS) is 10.0. The molecular weight excluding hydrogens is 318 g/mol. The number of nitrogens with zero attached hydrogens (tertiary/aromatic N) is 1. The van der Waals surface area contributed by atoms with E-state index < -0.39 is 4.92 Å². The number of nitrogens with one attached hydrogen (secondary N) is 2. The van der Waals surface area contributed by atoms with Crippen LogP contribution >= 0.6 is 24.0 Å². The molecule has 5 nitrogen and oxygen atoms in total. The first-order valence-corrected chi connectivity index (χ1v) is 8.02. The molecular formula is C15H15N3O2S2. The van der Waals surface area contributed by atoms with Gasteiger partial charge in [-0.25, -0.2) is 0 Å².